The van der Waals surface area contributed by atoms with Gasteiger partial charge in [0.1, 0.15) is 17.7 Å². The van der Waals surface area contributed by atoms with Crippen molar-refractivity contribution in [2.75, 3.05) is 5.75 Å². The molecule has 9 heteroatoms. The van der Waals surface area contributed by atoms with Crippen molar-refractivity contribution < 1.29 is 27.6 Å². The van der Waals surface area contributed by atoms with Crippen molar-refractivity contribution in [3.8, 4) is 0 Å². The van der Waals surface area contributed by atoms with Crippen LogP contribution >= 0.6 is 0 Å². The number of nitrogens with zero attached hydrogens (tertiary/aromatic N) is 2. The third-order valence-electron chi connectivity index (χ3n) is 6.30. The van der Waals surface area contributed by atoms with Crippen LogP contribution < -0.4 is 0 Å². The fourth-order valence-electron chi connectivity index (χ4n) is 4.47. The van der Waals surface area contributed by atoms with E-state index in [1.54, 1.807) is 0 Å². The Balaban J connectivity index is 1.79. The van der Waals surface area contributed by atoms with E-state index in [0.717, 1.165) is 41.3 Å². The molecule has 3 unspecified atom stereocenters. The molecule has 3 atom stereocenters. The Bertz CT molecular complexity index is 1060. The number of Topliss-reactive ketones (excluding diaryl/α,β-unsaturated/α-hetero) is 1. The summed E-state index contributed by atoms with van der Waals surface area (Å²) in [6.45, 7) is 7.88. The van der Waals surface area contributed by atoms with Gasteiger partial charge in [-0.15, -0.1) is 0 Å². The first-order valence-electron chi connectivity index (χ1n) is 11.3. The minimum Gasteiger partial charge on any atom is -0.610 e. The molecule has 184 valence electrons. The number of benzene rings is 1. The summed E-state index contributed by atoms with van der Waals surface area (Å²) in [6, 6.07) is 4.09. The molecule has 0 bridgehead atoms. The molecule has 0 amide bonds. The molecule has 34 heavy (non-hydrogen) atoms. The minimum absolute atomic E-state index is 0.0396. The molecule has 0 fully saturated rings. The van der Waals surface area contributed by atoms with Gasteiger partial charge in [0.2, 0.25) is 0 Å². The number of ketones is 1. The van der Waals surface area contributed by atoms with E-state index in [4.69, 9.17) is 0 Å². The Labute approximate surface area is 200 Å². The third-order valence-corrected chi connectivity index (χ3v) is 7.81. The second kappa shape index (κ2) is 10.5. The highest BCUT2D eigenvalue weighted by atomic mass is 32.2. The van der Waals surface area contributed by atoms with Crippen LogP contribution in [0.2, 0.25) is 0 Å². The molecule has 0 aliphatic heterocycles. The van der Waals surface area contributed by atoms with Crippen molar-refractivity contribution in [1.82, 2.24) is 9.97 Å². The van der Waals surface area contributed by atoms with Crippen LogP contribution in [-0.4, -0.2) is 31.2 Å². The van der Waals surface area contributed by atoms with E-state index in [-0.39, 0.29) is 47.0 Å². The molecule has 0 radical (unpaired) electrons. The normalized spacial score (nSPS) is 18.8. The highest BCUT2D eigenvalue weighted by molar-refractivity contribution is 7.91. The maximum Gasteiger partial charge on any atom is 0.434 e. The minimum atomic E-state index is -4.61. The van der Waals surface area contributed by atoms with Crippen molar-refractivity contribution in [3.63, 3.8) is 0 Å². The van der Waals surface area contributed by atoms with E-state index in [1.165, 1.54) is 0 Å². The number of carbonyl (C=O) groups excluding carboxylic acids is 1. The molecule has 2 aromatic rings. The zero-order valence-corrected chi connectivity index (χ0v) is 20.5. The highest BCUT2D eigenvalue weighted by Gasteiger charge is 2.36. The first kappa shape index (κ1) is 26.2. The summed E-state index contributed by atoms with van der Waals surface area (Å²) in [5.74, 6) is -0.462. The van der Waals surface area contributed by atoms with Gasteiger partial charge in [-0.25, -0.2) is 9.97 Å². The number of carbonyl (C=O) groups is 1. The van der Waals surface area contributed by atoms with E-state index >= 15 is 0 Å². The zero-order chi connectivity index (χ0) is 25.2. The third kappa shape index (κ3) is 5.63. The summed E-state index contributed by atoms with van der Waals surface area (Å²) in [4.78, 5) is 20.2. The number of hydrogen-bond acceptors (Lipinski definition) is 5. The number of halogens is 3. The fourth-order valence-corrected chi connectivity index (χ4v) is 5.73. The maximum atomic E-state index is 13.2. The quantitative estimate of drug-likeness (QED) is 0.505. The smallest absolute Gasteiger partial charge is 0.434 e. The molecule has 0 saturated carbocycles. The van der Waals surface area contributed by atoms with Gasteiger partial charge in [-0.3, -0.25) is 4.79 Å². The predicted octanol–water partition coefficient (Wildman–Crippen LogP) is 5.62. The van der Waals surface area contributed by atoms with E-state index in [2.05, 4.69) is 9.97 Å². The van der Waals surface area contributed by atoms with Crippen molar-refractivity contribution >= 4 is 22.5 Å². The number of aliphatic hydroxyl groups excluding tert-OH is 1. The highest BCUT2D eigenvalue weighted by Crippen LogP contribution is 2.39. The van der Waals surface area contributed by atoms with Gasteiger partial charge in [-0.1, -0.05) is 38.5 Å². The van der Waals surface area contributed by atoms with Crippen molar-refractivity contribution in [2.24, 2.45) is 11.8 Å². The Hall–Kier alpha value is -2.39. The predicted molar refractivity (Wildman–Crippen MR) is 125 cm³/mol. The number of allylic oxidation sites excluding steroid dienone is 2. The molecular weight excluding hydrogens is 465 g/mol. The number of rotatable bonds is 7. The molecule has 5 nitrogen and oxygen atoms in total. The van der Waals surface area contributed by atoms with Gasteiger partial charge in [0.15, 0.2) is 11.5 Å². The van der Waals surface area contributed by atoms with Crippen LogP contribution in [0.15, 0.2) is 35.3 Å². The van der Waals surface area contributed by atoms with Gasteiger partial charge >= 0.3 is 6.18 Å². The van der Waals surface area contributed by atoms with Crippen LogP contribution in [0.25, 0.3) is 5.57 Å². The zero-order valence-electron chi connectivity index (χ0n) is 19.7. The van der Waals surface area contributed by atoms with Crippen LogP contribution in [0.3, 0.4) is 0 Å². The van der Waals surface area contributed by atoms with Crippen molar-refractivity contribution in [2.45, 2.75) is 64.6 Å². The molecular formula is C25H29F3N2O3S. The lowest BCUT2D eigenvalue weighted by Gasteiger charge is -2.29. The number of alkyl halides is 3. The average molecular weight is 495 g/mol. The molecule has 1 aromatic carbocycles. The lowest BCUT2D eigenvalue weighted by Crippen LogP contribution is -2.29. The molecule has 1 heterocycles. The molecule has 3 rings (SSSR count). The Morgan fingerprint density at radius 3 is 2.24 bits per heavy atom. The number of aromatic nitrogens is 2. The van der Waals surface area contributed by atoms with Crippen LogP contribution in [0.5, 0.6) is 0 Å². The van der Waals surface area contributed by atoms with Crippen LogP contribution in [-0.2, 0) is 35.0 Å². The summed E-state index contributed by atoms with van der Waals surface area (Å²) in [6.07, 6.45) is -1.21. The molecule has 1 aromatic heterocycles. The Morgan fingerprint density at radius 2 is 1.76 bits per heavy atom. The van der Waals surface area contributed by atoms with Crippen LogP contribution in [0, 0.1) is 18.8 Å². The SMILES string of the molecule is CCc1cc(C)cc(CC)c1C1=C(O)CC(C(C)C[S+]([O-])c2cnc(C(F)(F)F)cn2)CC1=O. The van der Waals surface area contributed by atoms with Crippen LogP contribution in [0.1, 0.15) is 61.6 Å². The standard InChI is InChI=1S/C25H29F3N2O3S/c1-5-16-7-14(3)8-17(6-2)23(16)24-19(31)9-18(10-20(24)32)15(4)13-34(33)22-12-29-21(11-30-22)25(26,27)28/h7-8,11-12,15,18,31H,5-6,9-10,13H2,1-4H3. The van der Waals surface area contributed by atoms with E-state index in [9.17, 15) is 27.6 Å². The molecule has 1 N–H and O–H groups in total. The largest absolute Gasteiger partial charge is 0.610 e. The summed E-state index contributed by atoms with van der Waals surface area (Å²) in [5.41, 5.74) is 3.23. The second-order valence-corrected chi connectivity index (χ2v) is 10.2. The maximum absolute atomic E-state index is 13.2. The monoisotopic (exact) mass is 494 g/mol. The van der Waals surface area contributed by atoms with Gasteiger partial charge in [-0.05, 0) is 42.4 Å². The fraction of sp³-hybridized carbons (Fsp3) is 0.480. The Kier molecular flexibility index (Phi) is 8.08. The van der Waals surface area contributed by atoms with E-state index < -0.39 is 23.0 Å². The van der Waals surface area contributed by atoms with Crippen LogP contribution in [0.4, 0.5) is 13.2 Å². The van der Waals surface area contributed by atoms with Gasteiger partial charge in [0.25, 0.3) is 5.03 Å². The first-order chi connectivity index (χ1) is 16.0. The van der Waals surface area contributed by atoms with Gasteiger partial charge in [-0.2, -0.15) is 13.2 Å². The number of aryl methyl sites for hydroxylation is 3. The van der Waals surface area contributed by atoms with E-state index in [1.807, 2.05) is 39.8 Å². The van der Waals surface area contributed by atoms with E-state index in [0.29, 0.717) is 11.8 Å². The summed E-state index contributed by atoms with van der Waals surface area (Å²) >= 11 is -1.68. The molecule has 0 saturated heterocycles. The Morgan fingerprint density at radius 1 is 1.15 bits per heavy atom. The second-order valence-electron chi connectivity index (χ2n) is 8.81. The average Bonchev–Trinajstić information content (AvgIpc) is 2.78. The van der Waals surface area contributed by atoms with Gasteiger partial charge in [0.05, 0.1) is 11.8 Å². The lowest BCUT2D eigenvalue weighted by molar-refractivity contribution is -0.141. The molecule has 1 aliphatic rings. The molecule has 1 aliphatic carbocycles. The molecule has 0 spiro atoms. The number of aliphatic hydroxyl groups is 1. The first-order valence-corrected chi connectivity index (χ1v) is 12.6. The van der Waals surface area contributed by atoms with Crippen molar-refractivity contribution in [1.29, 1.82) is 0 Å². The van der Waals surface area contributed by atoms with Crippen molar-refractivity contribution in [3.05, 3.63) is 58.2 Å². The number of hydrogen-bond donors (Lipinski definition) is 1. The summed E-state index contributed by atoms with van der Waals surface area (Å²) in [7, 11) is 0. The topological polar surface area (TPSA) is 86.1 Å². The summed E-state index contributed by atoms with van der Waals surface area (Å²) in [5, 5.41) is 10.9. The lowest BCUT2D eigenvalue weighted by atomic mass is 9.76. The van der Waals surface area contributed by atoms with Gasteiger partial charge < -0.3 is 9.66 Å². The van der Waals surface area contributed by atoms with Gasteiger partial charge in [0, 0.05) is 29.9 Å². The summed E-state index contributed by atoms with van der Waals surface area (Å²) < 4.78 is 50.7.